The van der Waals surface area contributed by atoms with Crippen molar-refractivity contribution in [2.24, 2.45) is 0 Å². The van der Waals surface area contributed by atoms with Crippen LogP contribution in [-0.4, -0.2) is 34.4 Å². The first-order valence-corrected chi connectivity index (χ1v) is 6.35. The molecule has 1 rings (SSSR count). The number of carbonyl (C=O) groups is 2. The first-order chi connectivity index (χ1) is 8.81. The van der Waals surface area contributed by atoms with E-state index in [0.717, 1.165) is 5.56 Å². The van der Waals surface area contributed by atoms with Crippen LogP contribution in [0.2, 0.25) is 0 Å². The summed E-state index contributed by atoms with van der Waals surface area (Å²) in [6, 6.07) is 3.32. The molecule has 0 fully saturated rings. The van der Waals surface area contributed by atoms with Crippen molar-refractivity contribution in [2.45, 2.75) is 26.0 Å². The van der Waals surface area contributed by atoms with Crippen LogP contribution in [0.4, 0.5) is 10.5 Å². The van der Waals surface area contributed by atoms with Crippen LogP contribution >= 0.6 is 15.9 Å². The molecule has 1 aromatic rings. The number of rotatable bonds is 4. The molecule has 4 N–H and O–H groups in total. The molecule has 7 heteroatoms. The first kappa shape index (κ1) is 15.5. The summed E-state index contributed by atoms with van der Waals surface area (Å²) in [7, 11) is 0. The van der Waals surface area contributed by atoms with E-state index in [1.807, 2.05) is 13.0 Å². The normalized spacial score (nSPS) is 13.5. The Hall–Kier alpha value is -1.60. The zero-order valence-electron chi connectivity index (χ0n) is 10.5. The third-order valence-corrected chi connectivity index (χ3v) is 3.10. The molecule has 0 aliphatic carbocycles. The molecule has 0 bridgehead atoms. The van der Waals surface area contributed by atoms with Gasteiger partial charge in [0.25, 0.3) is 0 Å². The molecule has 0 aromatic heterocycles. The van der Waals surface area contributed by atoms with Crippen molar-refractivity contribution < 1.29 is 19.8 Å². The van der Waals surface area contributed by atoms with Crippen molar-refractivity contribution in [3.63, 3.8) is 0 Å². The van der Waals surface area contributed by atoms with Crippen molar-refractivity contribution in [1.82, 2.24) is 5.32 Å². The number of hydrogen-bond acceptors (Lipinski definition) is 3. The molecule has 6 nitrogen and oxygen atoms in total. The third kappa shape index (κ3) is 4.53. The summed E-state index contributed by atoms with van der Waals surface area (Å²) in [6.45, 7) is 3.16. The Kier molecular flexibility index (Phi) is 5.31. The molecule has 0 saturated carbocycles. The van der Waals surface area contributed by atoms with Crippen LogP contribution in [-0.2, 0) is 4.79 Å². The lowest BCUT2D eigenvalue weighted by atomic mass is 10.2. The molecule has 0 spiro atoms. The minimum Gasteiger partial charge on any atom is -0.480 e. The Balaban J connectivity index is 2.74. The molecule has 0 unspecified atom stereocenters. The summed E-state index contributed by atoms with van der Waals surface area (Å²) in [6.07, 6.45) is -1.19. The van der Waals surface area contributed by atoms with Crippen LogP contribution in [0.25, 0.3) is 0 Å². The standard InChI is InChI=1S/C12H15BrN2O4/c1-6-3-4-8(13)9(5-6)14-12(19)15-10(7(2)16)11(17)18/h3-5,7,10,16H,1-2H3,(H,17,18)(H2,14,15,19)/t7-,10+/m1/s1. The number of carbonyl (C=O) groups excluding carboxylic acids is 1. The number of urea groups is 1. The van der Waals surface area contributed by atoms with Crippen LogP contribution in [0.1, 0.15) is 12.5 Å². The molecule has 104 valence electrons. The predicted octanol–water partition coefficient (Wildman–Crippen LogP) is 1.71. The van der Waals surface area contributed by atoms with Gasteiger partial charge in [-0.25, -0.2) is 9.59 Å². The Labute approximate surface area is 118 Å². The highest BCUT2D eigenvalue weighted by Gasteiger charge is 2.25. The average molecular weight is 331 g/mol. The van der Waals surface area contributed by atoms with Crippen molar-refractivity contribution >= 4 is 33.6 Å². The summed E-state index contributed by atoms with van der Waals surface area (Å²) < 4.78 is 0.678. The van der Waals surface area contributed by atoms with Crippen molar-refractivity contribution in [2.75, 3.05) is 5.32 Å². The number of anilines is 1. The molecule has 0 heterocycles. The van der Waals surface area contributed by atoms with Crippen LogP contribution in [0.15, 0.2) is 22.7 Å². The fraction of sp³-hybridized carbons (Fsp3) is 0.333. The van der Waals surface area contributed by atoms with Crippen LogP contribution in [0.3, 0.4) is 0 Å². The van der Waals surface area contributed by atoms with Gasteiger partial charge in [-0.3, -0.25) is 0 Å². The van der Waals surface area contributed by atoms with E-state index < -0.39 is 24.1 Å². The lowest BCUT2D eigenvalue weighted by Gasteiger charge is -2.17. The van der Waals surface area contributed by atoms with Gasteiger partial charge in [-0.15, -0.1) is 0 Å². The maximum absolute atomic E-state index is 11.7. The van der Waals surface area contributed by atoms with Gasteiger partial charge in [0.05, 0.1) is 11.8 Å². The lowest BCUT2D eigenvalue weighted by molar-refractivity contribution is -0.141. The number of aliphatic hydroxyl groups is 1. The second-order valence-electron chi connectivity index (χ2n) is 4.14. The molecule has 1 aromatic carbocycles. The van der Waals surface area contributed by atoms with Gasteiger partial charge in [-0.2, -0.15) is 0 Å². The van der Waals surface area contributed by atoms with E-state index >= 15 is 0 Å². The van der Waals surface area contributed by atoms with Crippen molar-refractivity contribution in [3.05, 3.63) is 28.2 Å². The number of halogens is 1. The number of hydrogen-bond donors (Lipinski definition) is 4. The highest BCUT2D eigenvalue weighted by atomic mass is 79.9. The molecule has 0 aliphatic rings. The third-order valence-electron chi connectivity index (χ3n) is 2.41. The molecule has 19 heavy (non-hydrogen) atoms. The molecular formula is C12H15BrN2O4. The van der Waals surface area contributed by atoms with Gasteiger partial charge in [0, 0.05) is 4.47 Å². The summed E-state index contributed by atoms with van der Waals surface area (Å²) in [5.74, 6) is -1.30. The lowest BCUT2D eigenvalue weighted by Crippen LogP contribution is -2.49. The number of nitrogens with one attached hydrogen (secondary N) is 2. The van der Waals surface area contributed by atoms with Gasteiger partial charge in [-0.1, -0.05) is 6.07 Å². The zero-order valence-corrected chi connectivity index (χ0v) is 12.1. The molecular weight excluding hydrogens is 316 g/mol. The Morgan fingerprint density at radius 2 is 2.00 bits per heavy atom. The van der Waals surface area contributed by atoms with Gasteiger partial charge in [0.2, 0.25) is 0 Å². The molecule has 0 saturated heterocycles. The maximum Gasteiger partial charge on any atom is 0.328 e. The van der Waals surface area contributed by atoms with Gasteiger partial charge in [0.1, 0.15) is 0 Å². The minimum absolute atomic E-state index is 0.521. The maximum atomic E-state index is 11.7. The van der Waals surface area contributed by atoms with Crippen LogP contribution in [0.5, 0.6) is 0 Å². The second kappa shape index (κ2) is 6.53. The SMILES string of the molecule is Cc1ccc(Br)c(NC(=O)N[C@H](C(=O)O)[C@@H](C)O)c1. The Morgan fingerprint density at radius 3 is 2.53 bits per heavy atom. The quantitative estimate of drug-likeness (QED) is 0.675. The predicted molar refractivity (Wildman–Crippen MR) is 74.1 cm³/mol. The van der Waals surface area contributed by atoms with Crippen LogP contribution in [0, 0.1) is 6.92 Å². The average Bonchev–Trinajstić information content (AvgIpc) is 2.30. The van der Waals surface area contributed by atoms with E-state index in [9.17, 15) is 14.7 Å². The number of aryl methyl sites for hydroxylation is 1. The molecule has 2 atom stereocenters. The monoisotopic (exact) mass is 330 g/mol. The Bertz CT molecular complexity index is 491. The second-order valence-corrected chi connectivity index (χ2v) is 4.99. The van der Waals surface area contributed by atoms with E-state index in [0.29, 0.717) is 10.2 Å². The number of amides is 2. The summed E-state index contributed by atoms with van der Waals surface area (Å²) in [5, 5.41) is 22.8. The number of aliphatic hydroxyl groups excluding tert-OH is 1. The minimum atomic E-state index is -1.36. The van der Waals surface area contributed by atoms with Gasteiger partial charge >= 0.3 is 12.0 Å². The highest BCUT2D eigenvalue weighted by Crippen LogP contribution is 2.23. The number of carboxylic acid groups (broad SMARTS) is 1. The molecule has 2 amide bonds. The van der Waals surface area contributed by atoms with Gasteiger partial charge in [-0.05, 0) is 47.5 Å². The Morgan fingerprint density at radius 1 is 1.37 bits per heavy atom. The van der Waals surface area contributed by atoms with Crippen LogP contribution < -0.4 is 10.6 Å². The fourth-order valence-electron chi connectivity index (χ4n) is 1.42. The largest absolute Gasteiger partial charge is 0.480 e. The first-order valence-electron chi connectivity index (χ1n) is 5.56. The van der Waals surface area contributed by atoms with E-state index in [4.69, 9.17) is 5.11 Å². The fourth-order valence-corrected chi connectivity index (χ4v) is 1.77. The number of carboxylic acids is 1. The highest BCUT2D eigenvalue weighted by molar-refractivity contribution is 9.10. The summed E-state index contributed by atoms with van der Waals surface area (Å²) in [4.78, 5) is 22.5. The van der Waals surface area contributed by atoms with Gasteiger partial charge in [0.15, 0.2) is 6.04 Å². The topological polar surface area (TPSA) is 98.7 Å². The van der Waals surface area contributed by atoms with E-state index in [-0.39, 0.29) is 0 Å². The zero-order chi connectivity index (χ0) is 14.6. The van der Waals surface area contributed by atoms with E-state index in [1.165, 1.54) is 6.92 Å². The smallest absolute Gasteiger partial charge is 0.328 e. The van der Waals surface area contributed by atoms with Gasteiger partial charge < -0.3 is 20.8 Å². The molecule has 0 radical (unpaired) electrons. The van der Waals surface area contributed by atoms with E-state index in [2.05, 4.69) is 26.6 Å². The summed E-state index contributed by atoms with van der Waals surface area (Å²) in [5.41, 5.74) is 1.47. The molecule has 0 aliphatic heterocycles. The number of benzene rings is 1. The van der Waals surface area contributed by atoms with Crippen molar-refractivity contribution in [1.29, 1.82) is 0 Å². The summed E-state index contributed by atoms with van der Waals surface area (Å²) >= 11 is 3.27. The van der Waals surface area contributed by atoms with Crippen molar-refractivity contribution in [3.8, 4) is 0 Å². The van der Waals surface area contributed by atoms with E-state index in [1.54, 1.807) is 12.1 Å². The number of aliphatic carboxylic acids is 1.